The number of likely N-dealkylation sites (N-methyl/N-ethyl adjacent to an activating group) is 1. The van der Waals surface area contributed by atoms with Gasteiger partial charge in [0.1, 0.15) is 29.5 Å². The van der Waals surface area contributed by atoms with Gasteiger partial charge < -0.3 is 50.9 Å². The molecular weight excluding hydrogens is 1080 g/mol. The van der Waals surface area contributed by atoms with Crippen LogP contribution in [0.4, 0.5) is 59.3 Å². The number of carbonyl (C=O) groups excluding carboxylic acids is 4. The van der Waals surface area contributed by atoms with Crippen LogP contribution in [0.5, 0.6) is 0 Å². The number of aromatic nitrogens is 1. The molecule has 18 nitrogen and oxygen atoms in total. The van der Waals surface area contributed by atoms with Gasteiger partial charge in [-0.2, -0.15) is 26.3 Å². The SMILES string of the molecule is COC(=O)N[C@H](C(=O)N[C@@H](Cc1ccc(C#Cc2ccc(N3CC4COCC(C3)N4C)nc2)cc1)[C@@H](O)CN(Cc1c(F)cc(C(=N)/C=C\NCC(F)F)cc1F)NC(=O)[C@@H](NC(=O)OC)C(C)(C)C(F)(F)F)C(C)(C)C(F)(F)F. The Labute approximate surface area is 454 Å². The van der Waals surface area contributed by atoms with Gasteiger partial charge in [-0.25, -0.2) is 37.1 Å². The van der Waals surface area contributed by atoms with Crippen molar-refractivity contribution in [3.63, 3.8) is 0 Å². The van der Waals surface area contributed by atoms with Crippen LogP contribution < -0.4 is 31.6 Å². The molecule has 2 aliphatic rings. The largest absolute Gasteiger partial charge is 0.453 e. The molecule has 1 aromatic heterocycles. The Kier molecular flexibility index (Phi) is 21.3. The fraction of sp³-hybridized carbons (Fsp3) is 0.500. The predicted octanol–water partition coefficient (Wildman–Crippen LogP) is 5.56. The number of rotatable bonds is 21. The van der Waals surface area contributed by atoms with Gasteiger partial charge in [0.15, 0.2) is 0 Å². The highest BCUT2D eigenvalue weighted by molar-refractivity contribution is 6.06. The van der Waals surface area contributed by atoms with Gasteiger partial charge in [0, 0.05) is 54.6 Å². The van der Waals surface area contributed by atoms with Crippen molar-refractivity contribution in [1.29, 1.82) is 5.41 Å². The number of carbonyl (C=O) groups is 4. The number of hydrogen-bond acceptors (Lipinski definition) is 14. The Morgan fingerprint density at radius 1 is 0.838 bits per heavy atom. The average molecular weight is 1150 g/mol. The van der Waals surface area contributed by atoms with Crippen molar-refractivity contribution < 1.29 is 82.4 Å². The lowest BCUT2D eigenvalue weighted by Crippen LogP contribution is -2.63. The van der Waals surface area contributed by atoms with Gasteiger partial charge in [-0.05, 0) is 95.4 Å². The number of nitrogens with zero attached hydrogens (tertiary/aromatic N) is 4. The van der Waals surface area contributed by atoms with Gasteiger partial charge in [-0.3, -0.25) is 19.9 Å². The molecule has 2 aliphatic heterocycles. The molecule has 2 saturated heterocycles. The maximum atomic E-state index is 16.0. The van der Waals surface area contributed by atoms with Crippen LogP contribution in [0.3, 0.4) is 0 Å². The molecule has 2 bridgehead atoms. The highest BCUT2D eigenvalue weighted by Crippen LogP contribution is 2.42. The van der Waals surface area contributed by atoms with Crippen LogP contribution >= 0.6 is 0 Å². The van der Waals surface area contributed by atoms with E-state index in [4.69, 9.17) is 10.1 Å². The fourth-order valence-corrected chi connectivity index (χ4v) is 8.37. The summed E-state index contributed by atoms with van der Waals surface area (Å²) in [7, 11) is 3.66. The number of methoxy groups -OCH3 is 2. The molecule has 438 valence electrons. The van der Waals surface area contributed by atoms with Crippen LogP contribution in [0.2, 0.25) is 0 Å². The van der Waals surface area contributed by atoms with Crippen molar-refractivity contribution in [2.24, 2.45) is 10.8 Å². The number of aliphatic hydroxyl groups excluding tert-OH is 1. The van der Waals surface area contributed by atoms with Gasteiger partial charge in [0.25, 0.3) is 12.3 Å². The van der Waals surface area contributed by atoms with E-state index in [9.17, 15) is 59.4 Å². The van der Waals surface area contributed by atoms with E-state index in [1.54, 1.807) is 17.6 Å². The van der Waals surface area contributed by atoms with E-state index in [0.29, 0.717) is 69.2 Å². The second-order valence-electron chi connectivity index (χ2n) is 20.1. The molecule has 0 saturated carbocycles. The number of anilines is 1. The van der Waals surface area contributed by atoms with Crippen LogP contribution in [0.1, 0.15) is 55.5 Å². The van der Waals surface area contributed by atoms with E-state index in [1.165, 1.54) is 24.3 Å². The third-order valence-corrected chi connectivity index (χ3v) is 13.7. The lowest BCUT2D eigenvalue weighted by Gasteiger charge is -2.48. The van der Waals surface area contributed by atoms with Crippen molar-refractivity contribution in [2.75, 3.05) is 65.6 Å². The molecule has 6 atom stereocenters. The predicted molar refractivity (Wildman–Crippen MR) is 270 cm³/mol. The summed E-state index contributed by atoms with van der Waals surface area (Å²) in [5.41, 5.74) is -4.85. The van der Waals surface area contributed by atoms with Gasteiger partial charge in [0.2, 0.25) is 5.91 Å². The molecule has 2 unspecified atom stereocenters. The molecule has 3 heterocycles. The summed E-state index contributed by atoms with van der Waals surface area (Å²) in [5.74, 6) is 0.633. The summed E-state index contributed by atoms with van der Waals surface area (Å²) < 4.78 is 159. The number of benzene rings is 2. The molecule has 2 aromatic carbocycles. The van der Waals surface area contributed by atoms with E-state index in [2.05, 4.69) is 53.8 Å². The van der Waals surface area contributed by atoms with Gasteiger partial charge in [0.05, 0.1) is 74.7 Å². The molecule has 0 spiro atoms. The molecule has 28 heteroatoms. The van der Waals surface area contributed by atoms with Crippen molar-refractivity contribution in [2.45, 2.75) is 95.8 Å². The van der Waals surface area contributed by atoms with E-state index in [0.717, 1.165) is 45.4 Å². The summed E-state index contributed by atoms with van der Waals surface area (Å²) >= 11 is 0. The monoisotopic (exact) mass is 1140 g/mol. The van der Waals surface area contributed by atoms with Crippen molar-refractivity contribution >= 4 is 35.5 Å². The third kappa shape index (κ3) is 16.4. The molecule has 80 heavy (non-hydrogen) atoms. The molecule has 0 radical (unpaired) electrons. The zero-order chi connectivity index (χ0) is 59.5. The number of alkyl halides is 8. The normalized spacial score (nSPS) is 17.6. The minimum Gasteiger partial charge on any atom is -0.453 e. The molecular formula is C52H62F10N10O8. The van der Waals surface area contributed by atoms with Gasteiger partial charge in [-0.15, -0.1) is 0 Å². The molecule has 5 rings (SSSR count). The quantitative estimate of drug-likeness (QED) is 0.0301. The highest BCUT2D eigenvalue weighted by Gasteiger charge is 2.57. The summed E-state index contributed by atoms with van der Waals surface area (Å²) in [6.45, 7) is 1.80. The van der Waals surface area contributed by atoms with Crippen molar-refractivity contribution in [3.05, 3.63) is 106 Å². The third-order valence-electron chi connectivity index (χ3n) is 13.7. The number of allylic oxidation sites excluding steroid dienone is 1. The number of hydrazine groups is 1. The Hall–Kier alpha value is -7.22. The van der Waals surface area contributed by atoms with E-state index >= 15 is 8.78 Å². The first-order valence-corrected chi connectivity index (χ1v) is 24.6. The zero-order valence-electron chi connectivity index (χ0n) is 44.4. The molecule has 0 aliphatic carbocycles. The maximum Gasteiger partial charge on any atom is 0.407 e. The smallest absolute Gasteiger partial charge is 0.407 e. The van der Waals surface area contributed by atoms with E-state index in [-0.39, 0.29) is 17.6 Å². The number of nitrogens with one attached hydrogen (secondary N) is 6. The molecule has 4 amide bonds. The number of hydrogen-bond donors (Lipinski definition) is 7. The summed E-state index contributed by atoms with van der Waals surface area (Å²) in [4.78, 5) is 61.9. The minimum absolute atomic E-state index is 0.213. The number of fused-ring (bicyclic) bond motifs is 2. The Bertz CT molecular complexity index is 2720. The van der Waals surface area contributed by atoms with Crippen molar-refractivity contribution in [1.82, 2.24) is 41.6 Å². The van der Waals surface area contributed by atoms with E-state index in [1.807, 2.05) is 16.8 Å². The average Bonchev–Trinajstić information content (AvgIpc) is 3.39. The van der Waals surface area contributed by atoms with Crippen LogP contribution in [0.25, 0.3) is 0 Å². The number of halogens is 10. The standard InChI is InChI=1S/C52H62F10N10O8/c1-49(2,51(57,58)59)43(67-47(76)78-6)45(74)66-39(18-30-11-8-29(9-12-30)10-13-31-14-15-42(65-21-31)71-23-33-27-80-28-34(24-71)70(33)5)40(73)26-72(69-46(75)44(68-48(77)79-7)50(3,4)52(60,61)62)25-35-36(53)19-32(20-37(35)54)38(63)16-17-64-22-41(55)56/h8-9,11-12,14-17,19-21,33-34,39-41,43-44,63-64,73H,18,22-28H2,1-7H3,(H,66,74)(H,67,76)(H,68,77)(H,69,75)/b17-16-,63-38?/t33?,34?,39-,40-,43+,44+/m0/s1. The van der Waals surface area contributed by atoms with Crippen molar-refractivity contribution in [3.8, 4) is 11.8 Å². The molecule has 3 aromatic rings. The number of morpholine rings is 1. The lowest BCUT2D eigenvalue weighted by atomic mass is 9.82. The number of amides is 4. The summed E-state index contributed by atoms with van der Waals surface area (Å²) in [6, 6.07) is 4.52. The molecule has 2 fully saturated rings. The second kappa shape index (κ2) is 26.8. The lowest BCUT2D eigenvalue weighted by molar-refractivity contribution is -0.221. The van der Waals surface area contributed by atoms with Crippen LogP contribution in [-0.4, -0.2) is 165 Å². The van der Waals surface area contributed by atoms with Crippen LogP contribution in [0.15, 0.2) is 67.0 Å². The first-order chi connectivity index (χ1) is 37.4. The number of piperazine rings is 1. The first kappa shape index (κ1) is 63.6. The topological polar surface area (TPSA) is 223 Å². The number of ether oxygens (including phenoxy) is 3. The minimum atomic E-state index is -5.23. The number of pyridine rings is 1. The summed E-state index contributed by atoms with van der Waals surface area (Å²) in [5, 5.41) is 28.8. The van der Waals surface area contributed by atoms with Crippen LogP contribution in [0, 0.1) is 39.7 Å². The fourth-order valence-electron chi connectivity index (χ4n) is 8.37. The van der Waals surface area contributed by atoms with Gasteiger partial charge in [-0.1, -0.05) is 24.0 Å². The Morgan fingerprint density at radius 2 is 1.36 bits per heavy atom. The maximum absolute atomic E-state index is 16.0. The zero-order valence-corrected chi connectivity index (χ0v) is 44.4. The second-order valence-corrected chi connectivity index (χ2v) is 20.1. The number of alkyl carbamates (subject to hydrolysis) is 2. The first-order valence-electron chi connectivity index (χ1n) is 24.6. The van der Waals surface area contributed by atoms with Gasteiger partial charge >= 0.3 is 24.5 Å². The van der Waals surface area contributed by atoms with E-state index < -0.39 is 132 Å². The number of aliphatic hydroxyl groups is 1. The molecule has 7 N–H and O–H groups in total. The summed E-state index contributed by atoms with van der Waals surface area (Å²) in [6.07, 6.45) is -15.4. The highest BCUT2D eigenvalue weighted by atomic mass is 19.4. The van der Waals surface area contributed by atoms with Crippen LogP contribution in [-0.2, 0) is 36.8 Å². The Balaban J connectivity index is 1.51. The Morgan fingerprint density at radius 3 is 1.86 bits per heavy atom.